The lowest BCUT2D eigenvalue weighted by molar-refractivity contribution is 1.63. The van der Waals surface area contributed by atoms with Gasteiger partial charge in [0.1, 0.15) is 0 Å². The van der Waals surface area contributed by atoms with Crippen LogP contribution in [0.4, 0.5) is 5.69 Å². The van der Waals surface area contributed by atoms with Gasteiger partial charge < -0.3 is 5.73 Å². The third-order valence-electron chi connectivity index (χ3n) is 1.98. The van der Waals surface area contributed by atoms with Gasteiger partial charge in [-0.3, -0.25) is 0 Å². The molecule has 74 valence electrons. The van der Waals surface area contributed by atoms with Crippen LogP contribution in [0, 0.1) is 18.8 Å². The summed E-state index contributed by atoms with van der Waals surface area (Å²) in [7, 11) is 0. The van der Waals surface area contributed by atoms with Gasteiger partial charge in [-0.15, -0.1) is 11.3 Å². The molecule has 1 nitrogen and oxygen atoms in total. The molecule has 2 rings (SSSR count). The predicted octanol–water partition coefficient (Wildman–Crippen LogP) is 3.04. The molecule has 0 radical (unpaired) electrons. The molecule has 2 N–H and O–H groups in total. The maximum atomic E-state index is 5.59. The number of thiophene rings is 1. The Morgan fingerprint density at radius 3 is 2.33 bits per heavy atom. The van der Waals surface area contributed by atoms with Crippen LogP contribution in [-0.4, -0.2) is 0 Å². The van der Waals surface area contributed by atoms with E-state index >= 15 is 0 Å². The van der Waals surface area contributed by atoms with Crippen molar-refractivity contribution in [2.45, 2.75) is 6.92 Å². The first-order valence-electron chi connectivity index (χ1n) is 4.68. The molecule has 0 fully saturated rings. The molecule has 0 spiro atoms. The van der Waals surface area contributed by atoms with Crippen LogP contribution >= 0.6 is 11.3 Å². The van der Waals surface area contributed by atoms with Gasteiger partial charge in [0.25, 0.3) is 0 Å². The topological polar surface area (TPSA) is 26.0 Å². The first-order valence-corrected chi connectivity index (χ1v) is 5.50. The monoisotopic (exact) mass is 213 g/mol. The highest BCUT2D eigenvalue weighted by Crippen LogP contribution is 2.13. The van der Waals surface area contributed by atoms with Gasteiger partial charge in [0.15, 0.2) is 0 Å². The van der Waals surface area contributed by atoms with Crippen LogP contribution in [0.5, 0.6) is 0 Å². The molecule has 0 amide bonds. The molecule has 0 atom stereocenters. The molecule has 15 heavy (non-hydrogen) atoms. The quantitative estimate of drug-likeness (QED) is 0.528. The summed E-state index contributed by atoms with van der Waals surface area (Å²) in [5.74, 6) is 6.24. The molecule has 0 aliphatic rings. The summed E-state index contributed by atoms with van der Waals surface area (Å²) in [5, 5.41) is 0. The second kappa shape index (κ2) is 4.20. The van der Waals surface area contributed by atoms with Crippen LogP contribution in [0.15, 0.2) is 36.4 Å². The molecule has 1 heterocycles. The highest BCUT2D eigenvalue weighted by molar-refractivity contribution is 7.12. The van der Waals surface area contributed by atoms with Gasteiger partial charge >= 0.3 is 0 Å². The summed E-state index contributed by atoms with van der Waals surface area (Å²) in [6.07, 6.45) is 0. The third kappa shape index (κ3) is 2.61. The Hall–Kier alpha value is -1.72. The van der Waals surface area contributed by atoms with E-state index in [0.29, 0.717) is 0 Å². The summed E-state index contributed by atoms with van der Waals surface area (Å²) in [4.78, 5) is 2.39. The second-order valence-electron chi connectivity index (χ2n) is 3.28. The standard InChI is InChI=1S/C13H11NS/c1-10-2-8-13(15-10)9-5-11-3-6-12(14)7-4-11/h2-4,6-8H,14H2,1H3. The van der Waals surface area contributed by atoms with E-state index in [0.717, 1.165) is 16.1 Å². The molecule has 1 aromatic heterocycles. The summed E-state index contributed by atoms with van der Waals surface area (Å²) < 4.78 is 0. The highest BCUT2D eigenvalue weighted by Gasteiger charge is 1.91. The van der Waals surface area contributed by atoms with E-state index in [2.05, 4.69) is 24.8 Å². The number of rotatable bonds is 0. The SMILES string of the molecule is Cc1ccc(C#Cc2ccc(N)cc2)s1. The Morgan fingerprint density at radius 1 is 1.00 bits per heavy atom. The number of nitrogens with two attached hydrogens (primary N) is 1. The van der Waals surface area contributed by atoms with E-state index in [1.165, 1.54) is 4.88 Å². The fraction of sp³-hybridized carbons (Fsp3) is 0.0769. The molecular weight excluding hydrogens is 202 g/mol. The minimum atomic E-state index is 0.771. The van der Waals surface area contributed by atoms with Gasteiger partial charge in [-0.2, -0.15) is 0 Å². The van der Waals surface area contributed by atoms with Crippen LogP contribution in [0.2, 0.25) is 0 Å². The first kappa shape index (κ1) is 9.82. The lowest BCUT2D eigenvalue weighted by atomic mass is 10.2. The van der Waals surface area contributed by atoms with Gasteiger partial charge in [0.05, 0.1) is 4.88 Å². The average molecular weight is 213 g/mol. The normalized spacial score (nSPS) is 9.40. The lowest BCUT2D eigenvalue weighted by Gasteiger charge is -1.91. The maximum Gasteiger partial charge on any atom is 0.0775 e. The number of aryl methyl sites for hydroxylation is 1. The Kier molecular flexibility index (Phi) is 2.75. The highest BCUT2D eigenvalue weighted by atomic mass is 32.1. The summed E-state index contributed by atoms with van der Waals surface area (Å²) in [6, 6.07) is 11.7. The van der Waals surface area contributed by atoms with E-state index in [-0.39, 0.29) is 0 Å². The van der Waals surface area contributed by atoms with Crippen LogP contribution in [0.1, 0.15) is 15.3 Å². The van der Waals surface area contributed by atoms with Crippen molar-refractivity contribution >= 4 is 17.0 Å². The van der Waals surface area contributed by atoms with E-state index in [1.807, 2.05) is 30.3 Å². The van der Waals surface area contributed by atoms with Crippen molar-refractivity contribution in [2.75, 3.05) is 5.73 Å². The molecule has 2 heteroatoms. The van der Waals surface area contributed by atoms with Crippen molar-refractivity contribution in [1.29, 1.82) is 0 Å². The molecular formula is C13H11NS. The predicted molar refractivity (Wildman–Crippen MR) is 65.9 cm³/mol. The van der Waals surface area contributed by atoms with E-state index in [9.17, 15) is 0 Å². The second-order valence-corrected chi connectivity index (χ2v) is 4.57. The zero-order valence-electron chi connectivity index (χ0n) is 8.45. The Balaban J connectivity index is 2.22. The molecule has 0 aliphatic heterocycles. The largest absolute Gasteiger partial charge is 0.399 e. The lowest BCUT2D eigenvalue weighted by Crippen LogP contribution is -1.82. The third-order valence-corrected chi connectivity index (χ3v) is 2.90. The minimum absolute atomic E-state index is 0.771. The molecule has 0 saturated carbocycles. The van der Waals surface area contributed by atoms with Crippen molar-refractivity contribution < 1.29 is 0 Å². The zero-order chi connectivity index (χ0) is 10.7. The van der Waals surface area contributed by atoms with E-state index < -0.39 is 0 Å². The van der Waals surface area contributed by atoms with Gasteiger partial charge in [0, 0.05) is 16.1 Å². The van der Waals surface area contributed by atoms with Crippen molar-refractivity contribution in [3.05, 3.63) is 51.7 Å². The van der Waals surface area contributed by atoms with Crippen LogP contribution < -0.4 is 5.73 Å². The van der Waals surface area contributed by atoms with Crippen molar-refractivity contribution in [3.63, 3.8) is 0 Å². The number of benzene rings is 1. The fourth-order valence-corrected chi connectivity index (χ4v) is 1.92. The number of nitrogen functional groups attached to an aromatic ring is 1. The smallest absolute Gasteiger partial charge is 0.0775 e. The summed E-state index contributed by atoms with van der Waals surface area (Å²) in [5.41, 5.74) is 7.36. The number of hydrogen-bond donors (Lipinski definition) is 1. The maximum absolute atomic E-state index is 5.59. The number of hydrogen-bond acceptors (Lipinski definition) is 2. The molecule has 0 unspecified atom stereocenters. The Labute approximate surface area is 93.6 Å². The van der Waals surface area contributed by atoms with Gasteiger partial charge in [-0.25, -0.2) is 0 Å². The molecule has 2 aromatic rings. The summed E-state index contributed by atoms with van der Waals surface area (Å²) >= 11 is 1.71. The van der Waals surface area contributed by atoms with Crippen LogP contribution in [0.3, 0.4) is 0 Å². The van der Waals surface area contributed by atoms with Crippen molar-refractivity contribution in [2.24, 2.45) is 0 Å². The molecule has 0 saturated heterocycles. The van der Waals surface area contributed by atoms with Gasteiger partial charge in [-0.1, -0.05) is 11.8 Å². The van der Waals surface area contributed by atoms with Crippen molar-refractivity contribution in [1.82, 2.24) is 0 Å². The molecule has 0 bridgehead atoms. The molecule has 1 aromatic carbocycles. The van der Waals surface area contributed by atoms with Gasteiger partial charge in [-0.05, 0) is 43.3 Å². The molecule has 0 aliphatic carbocycles. The van der Waals surface area contributed by atoms with Gasteiger partial charge in [0.2, 0.25) is 0 Å². The van der Waals surface area contributed by atoms with Crippen LogP contribution in [-0.2, 0) is 0 Å². The van der Waals surface area contributed by atoms with E-state index in [4.69, 9.17) is 5.73 Å². The number of anilines is 1. The zero-order valence-corrected chi connectivity index (χ0v) is 9.27. The minimum Gasteiger partial charge on any atom is -0.399 e. The summed E-state index contributed by atoms with van der Waals surface area (Å²) in [6.45, 7) is 2.08. The first-order chi connectivity index (χ1) is 7.24. The Morgan fingerprint density at radius 2 is 1.73 bits per heavy atom. The average Bonchev–Trinajstić information content (AvgIpc) is 2.64. The van der Waals surface area contributed by atoms with Crippen molar-refractivity contribution in [3.8, 4) is 11.8 Å². The fourth-order valence-electron chi connectivity index (χ4n) is 1.20. The van der Waals surface area contributed by atoms with Crippen LogP contribution in [0.25, 0.3) is 0 Å². The van der Waals surface area contributed by atoms with E-state index in [1.54, 1.807) is 11.3 Å². The Bertz CT molecular complexity index is 511.